The van der Waals surface area contributed by atoms with Crippen molar-refractivity contribution in [1.82, 2.24) is 10.2 Å². The van der Waals surface area contributed by atoms with Gasteiger partial charge in [0.25, 0.3) is 0 Å². The molecular weight excluding hydrogens is 612 g/mol. The molecule has 0 aliphatic carbocycles. The maximum Gasteiger partial charge on any atom is 0.348 e. The van der Waals surface area contributed by atoms with Gasteiger partial charge in [-0.05, 0) is 47.9 Å². The van der Waals surface area contributed by atoms with Gasteiger partial charge in [-0.25, -0.2) is 13.2 Å². The number of benzene rings is 3. The van der Waals surface area contributed by atoms with Gasteiger partial charge in [0.05, 0.1) is 25.0 Å². The average Bonchev–Trinajstić information content (AvgIpc) is 3.01. The number of amides is 2. The molecule has 0 radical (unpaired) electrons. The van der Waals surface area contributed by atoms with Crippen LogP contribution in [0.2, 0.25) is 0 Å². The molecule has 12 heteroatoms. The molecule has 226 valence electrons. The summed E-state index contributed by atoms with van der Waals surface area (Å²) in [6.45, 7) is 5.33. The highest BCUT2D eigenvalue weighted by Gasteiger charge is 2.60. The maximum atomic E-state index is 13.9. The van der Waals surface area contributed by atoms with Crippen LogP contribution in [0.1, 0.15) is 16.7 Å². The number of halogens is 1. The van der Waals surface area contributed by atoms with E-state index < -0.39 is 37.6 Å². The fourth-order valence-electron chi connectivity index (χ4n) is 4.40. The minimum atomic E-state index is -4.25. The number of esters is 1. The van der Waals surface area contributed by atoms with E-state index in [-0.39, 0.29) is 46.7 Å². The molecule has 1 saturated heterocycles. The first kappa shape index (κ1) is 32.1. The van der Waals surface area contributed by atoms with Gasteiger partial charge in [-0.3, -0.25) is 9.59 Å². The lowest BCUT2D eigenvalue weighted by molar-refractivity contribution is -0.164. The van der Waals surface area contributed by atoms with Crippen molar-refractivity contribution in [2.75, 3.05) is 19.5 Å². The number of nitrogens with zero attached hydrogens (tertiary/aromatic N) is 1. The lowest BCUT2D eigenvalue weighted by Gasteiger charge is -2.49. The van der Waals surface area contributed by atoms with Crippen molar-refractivity contribution in [2.24, 2.45) is 0 Å². The Hall–Kier alpha value is -3.80. The summed E-state index contributed by atoms with van der Waals surface area (Å²) < 4.78 is 38.2. The summed E-state index contributed by atoms with van der Waals surface area (Å²) in [5.74, 6) is -1.83. The summed E-state index contributed by atoms with van der Waals surface area (Å²) in [5.41, 5.74) is 2.14. The molecule has 1 heterocycles. The third kappa shape index (κ3) is 7.23. The molecule has 4 rings (SSSR count). The molecule has 1 N–H and O–H groups in total. The van der Waals surface area contributed by atoms with Gasteiger partial charge in [-0.15, -0.1) is 11.6 Å². The lowest BCUT2D eigenvalue weighted by Crippen LogP contribution is -2.72. The standard InChI is InChI=1S/C31H31ClN2O7S2/c1-21-9-15-26(16-10-21)43(38,39)42-31(22(2)18-32,30(37)41-20-24-11-13-25(40-3)14-12-24)34-19-27(29(34)36)33-28(35)17-23-7-5-4-6-8-23/h4-16,27H,2,17-20H2,1,3H3,(H,33,35). The van der Waals surface area contributed by atoms with Gasteiger partial charge in [0.1, 0.15) is 18.4 Å². The second-order valence-corrected chi connectivity index (χ2v) is 14.1. The molecule has 0 aromatic heterocycles. The molecule has 43 heavy (non-hydrogen) atoms. The Morgan fingerprint density at radius 2 is 1.70 bits per heavy atom. The van der Waals surface area contributed by atoms with Crippen LogP contribution in [0.3, 0.4) is 0 Å². The first-order chi connectivity index (χ1) is 20.5. The van der Waals surface area contributed by atoms with Gasteiger partial charge in [0, 0.05) is 16.7 Å². The molecule has 2 atom stereocenters. The van der Waals surface area contributed by atoms with Gasteiger partial charge in [0.2, 0.25) is 25.6 Å². The summed E-state index contributed by atoms with van der Waals surface area (Å²) in [6, 6.07) is 20.9. The van der Waals surface area contributed by atoms with Crippen LogP contribution in [0.25, 0.3) is 0 Å². The highest BCUT2D eigenvalue weighted by molar-refractivity contribution is 8.72. The number of ether oxygens (including phenoxy) is 2. The Balaban J connectivity index is 1.63. The number of β-lactam (4-membered cyclic amide) rings is 1. The molecule has 9 nitrogen and oxygen atoms in total. The number of carbonyl (C=O) groups excluding carboxylic acids is 3. The van der Waals surface area contributed by atoms with Crippen molar-refractivity contribution >= 4 is 49.0 Å². The van der Waals surface area contributed by atoms with E-state index in [0.29, 0.717) is 11.3 Å². The van der Waals surface area contributed by atoms with Crippen LogP contribution in [0.4, 0.5) is 0 Å². The van der Waals surface area contributed by atoms with E-state index in [0.717, 1.165) is 16.0 Å². The number of carbonyl (C=O) groups is 3. The zero-order chi connectivity index (χ0) is 31.2. The number of aryl methyl sites for hydroxylation is 1. The fraction of sp³-hybridized carbons (Fsp3) is 0.258. The van der Waals surface area contributed by atoms with E-state index in [2.05, 4.69) is 11.9 Å². The van der Waals surface area contributed by atoms with Crippen LogP contribution in [0.5, 0.6) is 5.75 Å². The Kier molecular flexibility index (Phi) is 10.2. The number of alkyl halides is 1. The second-order valence-electron chi connectivity index (χ2n) is 9.89. The van der Waals surface area contributed by atoms with E-state index in [9.17, 15) is 22.8 Å². The molecule has 1 aliphatic heterocycles. The van der Waals surface area contributed by atoms with Crippen LogP contribution in [-0.2, 0) is 41.0 Å². The van der Waals surface area contributed by atoms with E-state index in [4.69, 9.17) is 21.1 Å². The molecule has 0 bridgehead atoms. The first-order valence-electron chi connectivity index (χ1n) is 13.2. The predicted octanol–water partition coefficient (Wildman–Crippen LogP) is 4.23. The van der Waals surface area contributed by atoms with E-state index in [1.165, 1.54) is 19.2 Å². The quantitative estimate of drug-likeness (QED) is 0.0968. The van der Waals surface area contributed by atoms with Crippen molar-refractivity contribution in [3.05, 3.63) is 108 Å². The topological polar surface area (TPSA) is 119 Å². The Labute approximate surface area is 259 Å². The van der Waals surface area contributed by atoms with E-state index in [1.807, 2.05) is 13.0 Å². The number of hydrogen-bond acceptors (Lipinski definition) is 8. The zero-order valence-electron chi connectivity index (χ0n) is 23.6. The molecule has 1 fully saturated rings. The van der Waals surface area contributed by atoms with Crippen molar-refractivity contribution in [1.29, 1.82) is 0 Å². The summed E-state index contributed by atoms with van der Waals surface area (Å²) in [7, 11) is -2.50. The van der Waals surface area contributed by atoms with Crippen molar-refractivity contribution in [2.45, 2.75) is 35.8 Å². The zero-order valence-corrected chi connectivity index (χ0v) is 26.0. The molecule has 3 aromatic carbocycles. The fourth-order valence-corrected chi connectivity index (χ4v) is 8.53. The number of likely N-dealkylation sites (tertiary alicyclic amines) is 1. The minimum Gasteiger partial charge on any atom is -0.497 e. The lowest BCUT2D eigenvalue weighted by atomic mass is 9.98. The van der Waals surface area contributed by atoms with Crippen molar-refractivity contribution in [3.63, 3.8) is 0 Å². The van der Waals surface area contributed by atoms with Gasteiger partial charge in [-0.1, -0.05) is 66.7 Å². The monoisotopic (exact) mass is 642 g/mol. The number of nitrogens with one attached hydrogen (secondary N) is 1. The third-order valence-electron chi connectivity index (χ3n) is 6.84. The first-order valence-corrected chi connectivity index (χ1v) is 16.6. The second kappa shape index (κ2) is 13.7. The predicted molar refractivity (Wildman–Crippen MR) is 165 cm³/mol. The highest BCUT2D eigenvalue weighted by atomic mass is 35.5. The van der Waals surface area contributed by atoms with Crippen LogP contribution >= 0.6 is 22.4 Å². The largest absolute Gasteiger partial charge is 0.497 e. The van der Waals surface area contributed by atoms with Gasteiger partial charge >= 0.3 is 5.97 Å². The smallest absolute Gasteiger partial charge is 0.348 e. The van der Waals surface area contributed by atoms with Crippen LogP contribution < -0.4 is 10.1 Å². The molecule has 2 unspecified atom stereocenters. The normalized spacial score (nSPS) is 16.0. The Morgan fingerprint density at radius 1 is 1.05 bits per heavy atom. The number of rotatable bonds is 13. The average molecular weight is 643 g/mol. The van der Waals surface area contributed by atoms with Crippen molar-refractivity contribution < 1.29 is 32.3 Å². The molecule has 0 spiro atoms. The van der Waals surface area contributed by atoms with Crippen LogP contribution in [-0.4, -0.2) is 61.5 Å². The van der Waals surface area contributed by atoms with Crippen molar-refractivity contribution in [3.8, 4) is 5.75 Å². The Morgan fingerprint density at radius 3 is 2.28 bits per heavy atom. The molecule has 1 aliphatic rings. The van der Waals surface area contributed by atoms with Gasteiger partial charge in [-0.2, -0.15) is 0 Å². The number of hydrogen-bond donors (Lipinski definition) is 1. The minimum absolute atomic E-state index is 0.0462. The van der Waals surface area contributed by atoms with Gasteiger partial charge in [0.15, 0.2) is 0 Å². The Bertz CT molecular complexity index is 1600. The summed E-state index contributed by atoms with van der Waals surface area (Å²) >= 11 is 6.17. The maximum absolute atomic E-state index is 13.9. The summed E-state index contributed by atoms with van der Waals surface area (Å²) in [5, 5.41) is 2.67. The summed E-state index contributed by atoms with van der Waals surface area (Å²) in [6.07, 6.45) is 0.0462. The van der Waals surface area contributed by atoms with Crippen LogP contribution in [0, 0.1) is 6.92 Å². The van der Waals surface area contributed by atoms with E-state index >= 15 is 0 Å². The summed E-state index contributed by atoms with van der Waals surface area (Å²) in [4.78, 5) is 38.9. The van der Waals surface area contributed by atoms with Gasteiger partial charge < -0.3 is 19.7 Å². The van der Waals surface area contributed by atoms with Crippen LogP contribution in [0.15, 0.2) is 95.9 Å². The SMILES string of the molecule is C=C(CCl)C(SS(=O)(=O)c1ccc(C)cc1)(C(=O)OCc1ccc(OC)cc1)N1CC(NC(=O)Cc2ccccc2)C1=O. The highest BCUT2D eigenvalue weighted by Crippen LogP contribution is 2.46. The molecule has 3 aromatic rings. The third-order valence-corrected chi connectivity index (χ3v) is 11.1. The molecular formula is C31H31ClN2O7S2. The molecule has 0 saturated carbocycles. The number of methoxy groups -OCH3 is 1. The van der Waals surface area contributed by atoms with E-state index in [1.54, 1.807) is 60.7 Å². The molecule has 2 amide bonds.